The molecule has 1 N–H and O–H groups in total. The van der Waals surface area contributed by atoms with E-state index in [2.05, 4.69) is 0 Å². The molecular formula is C13H19NO4. The van der Waals surface area contributed by atoms with E-state index in [4.69, 9.17) is 14.6 Å². The van der Waals surface area contributed by atoms with Crippen LogP contribution in [0.4, 0.5) is 5.69 Å². The second kappa shape index (κ2) is 6.14. The fraction of sp³-hybridized carbons (Fsp3) is 0.462. The van der Waals surface area contributed by atoms with Gasteiger partial charge < -0.3 is 19.5 Å². The molecule has 0 aliphatic rings. The summed E-state index contributed by atoms with van der Waals surface area (Å²) in [5.74, 6) is 0.472. The van der Waals surface area contributed by atoms with Crippen molar-refractivity contribution in [2.75, 3.05) is 26.2 Å². The molecule has 0 aliphatic carbocycles. The fourth-order valence-corrected chi connectivity index (χ4v) is 1.69. The predicted molar refractivity (Wildman–Crippen MR) is 69.7 cm³/mol. The minimum absolute atomic E-state index is 0.0881. The molecule has 1 unspecified atom stereocenters. The average molecular weight is 253 g/mol. The molecule has 0 aliphatic heterocycles. The van der Waals surface area contributed by atoms with Crippen LogP contribution in [-0.2, 0) is 4.79 Å². The first-order valence-electron chi connectivity index (χ1n) is 5.66. The number of benzene rings is 1. The van der Waals surface area contributed by atoms with E-state index in [1.165, 1.54) is 0 Å². The van der Waals surface area contributed by atoms with E-state index in [0.717, 1.165) is 5.69 Å². The molecular weight excluding hydrogens is 234 g/mol. The van der Waals surface area contributed by atoms with E-state index in [-0.39, 0.29) is 12.5 Å². The molecule has 0 spiro atoms. The minimum atomic E-state index is -0.810. The lowest BCUT2D eigenvalue weighted by atomic mass is 10.2. The Morgan fingerprint density at radius 1 is 1.33 bits per heavy atom. The number of carboxylic acid groups (broad SMARTS) is 1. The Morgan fingerprint density at radius 3 is 2.44 bits per heavy atom. The topological polar surface area (TPSA) is 59.0 Å². The van der Waals surface area contributed by atoms with Crippen LogP contribution >= 0.6 is 0 Å². The summed E-state index contributed by atoms with van der Waals surface area (Å²) in [7, 11) is 5.01. The van der Waals surface area contributed by atoms with Crippen molar-refractivity contribution in [1.29, 1.82) is 0 Å². The highest BCUT2D eigenvalue weighted by Crippen LogP contribution is 2.31. The molecule has 0 aromatic heterocycles. The standard InChI is InChI=1S/C13H19NO4/c1-9(7-13(15)16)14(2)10-5-6-11(17-3)12(8-10)18-4/h5-6,8-9H,7H2,1-4H3,(H,15,16). The molecule has 5 heteroatoms. The van der Waals surface area contributed by atoms with Gasteiger partial charge in [0.15, 0.2) is 11.5 Å². The number of hydrogen-bond acceptors (Lipinski definition) is 4. The van der Waals surface area contributed by atoms with Gasteiger partial charge in [0.1, 0.15) is 0 Å². The number of nitrogens with zero attached hydrogens (tertiary/aromatic N) is 1. The summed E-state index contributed by atoms with van der Waals surface area (Å²) in [6.07, 6.45) is 0.0881. The van der Waals surface area contributed by atoms with Gasteiger partial charge in [-0.2, -0.15) is 0 Å². The third-order valence-corrected chi connectivity index (χ3v) is 2.91. The maximum atomic E-state index is 10.7. The highest BCUT2D eigenvalue weighted by atomic mass is 16.5. The van der Waals surface area contributed by atoms with Gasteiger partial charge >= 0.3 is 5.97 Å². The Kier molecular flexibility index (Phi) is 4.83. The van der Waals surface area contributed by atoms with Gasteiger partial charge in [-0.1, -0.05) is 0 Å². The summed E-state index contributed by atoms with van der Waals surface area (Å²) in [6.45, 7) is 1.87. The Bertz CT molecular complexity index is 419. The summed E-state index contributed by atoms with van der Waals surface area (Å²) in [5.41, 5.74) is 0.890. The van der Waals surface area contributed by atoms with Crippen molar-refractivity contribution in [2.24, 2.45) is 0 Å². The monoisotopic (exact) mass is 253 g/mol. The van der Waals surface area contributed by atoms with Crippen molar-refractivity contribution in [2.45, 2.75) is 19.4 Å². The van der Waals surface area contributed by atoms with Crippen LogP contribution in [0, 0.1) is 0 Å². The number of methoxy groups -OCH3 is 2. The van der Waals surface area contributed by atoms with Crippen LogP contribution in [-0.4, -0.2) is 38.4 Å². The SMILES string of the molecule is COc1ccc(N(C)C(C)CC(=O)O)cc1OC. The molecule has 1 atom stereocenters. The van der Waals surface area contributed by atoms with Gasteiger partial charge in [-0.05, 0) is 19.1 Å². The second-order valence-corrected chi connectivity index (χ2v) is 4.10. The Labute approximate surface area is 107 Å². The van der Waals surface area contributed by atoms with Gasteiger partial charge in [0.05, 0.1) is 20.6 Å². The fourth-order valence-electron chi connectivity index (χ4n) is 1.69. The zero-order chi connectivity index (χ0) is 13.7. The van der Waals surface area contributed by atoms with Crippen molar-refractivity contribution in [1.82, 2.24) is 0 Å². The number of rotatable bonds is 6. The quantitative estimate of drug-likeness (QED) is 0.840. The summed E-state index contributed by atoms with van der Waals surface area (Å²) in [4.78, 5) is 12.6. The molecule has 0 heterocycles. The summed E-state index contributed by atoms with van der Waals surface area (Å²) < 4.78 is 10.4. The van der Waals surface area contributed by atoms with E-state index < -0.39 is 5.97 Å². The van der Waals surface area contributed by atoms with Gasteiger partial charge in [0, 0.05) is 24.8 Å². The zero-order valence-electron chi connectivity index (χ0n) is 11.1. The van der Waals surface area contributed by atoms with E-state index in [0.29, 0.717) is 11.5 Å². The molecule has 0 amide bonds. The number of carbonyl (C=O) groups is 1. The third-order valence-electron chi connectivity index (χ3n) is 2.91. The predicted octanol–water partition coefficient (Wildman–Crippen LogP) is 2.00. The molecule has 18 heavy (non-hydrogen) atoms. The summed E-state index contributed by atoms with van der Waals surface area (Å²) in [6, 6.07) is 5.41. The number of ether oxygens (including phenoxy) is 2. The molecule has 0 saturated heterocycles. The lowest BCUT2D eigenvalue weighted by molar-refractivity contribution is -0.137. The Hall–Kier alpha value is -1.91. The normalized spacial score (nSPS) is 11.8. The second-order valence-electron chi connectivity index (χ2n) is 4.10. The molecule has 1 aromatic carbocycles. The van der Waals surface area contributed by atoms with Crippen LogP contribution in [0.5, 0.6) is 11.5 Å². The molecule has 1 aromatic rings. The first-order chi connectivity index (χ1) is 8.49. The lowest BCUT2D eigenvalue weighted by Crippen LogP contribution is -2.30. The van der Waals surface area contributed by atoms with Gasteiger partial charge in [-0.15, -0.1) is 0 Å². The zero-order valence-corrected chi connectivity index (χ0v) is 11.1. The van der Waals surface area contributed by atoms with Crippen LogP contribution in [0.2, 0.25) is 0 Å². The Balaban J connectivity index is 2.92. The van der Waals surface area contributed by atoms with Gasteiger partial charge in [0.2, 0.25) is 0 Å². The first-order valence-corrected chi connectivity index (χ1v) is 5.66. The van der Waals surface area contributed by atoms with Crippen LogP contribution in [0.3, 0.4) is 0 Å². The highest BCUT2D eigenvalue weighted by Gasteiger charge is 2.15. The van der Waals surface area contributed by atoms with Gasteiger partial charge in [-0.25, -0.2) is 0 Å². The van der Waals surface area contributed by atoms with Crippen molar-refractivity contribution >= 4 is 11.7 Å². The number of hydrogen-bond donors (Lipinski definition) is 1. The molecule has 0 saturated carbocycles. The van der Waals surface area contributed by atoms with E-state index in [1.807, 2.05) is 31.0 Å². The van der Waals surface area contributed by atoms with E-state index in [9.17, 15) is 4.79 Å². The minimum Gasteiger partial charge on any atom is -0.493 e. The largest absolute Gasteiger partial charge is 0.493 e. The molecule has 0 fully saturated rings. The molecule has 1 rings (SSSR count). The molecule has 5 nitrogen and oxygen atoms in total. The van der Waals surface area contributed by atoms with Crippen LogP contribution in [0.15, 0.2) is 18.2 Å². The van der Waals surface area contributed by atoms with Crippen LogP contribution in [0.1, 0.15) is 13.3 Å². The van der Waals surface area contributed by atoms with E-state index >= 15 is 0 Å². The van der Waals surface area contributed by atoms with Crippen molar-refractivity contribution < 1.29 is 19.4 Å². The van der Waals surface area contributed by atoms with Gasteiger partial charge in [0.25, 0.3) is 0 Å². The highest BCUT2D eigenvalue weighted by molar-refractivity contribution is 5.68. The smallest absolute Gasteiger partial charge is 0.305 e. The van der Waals surface area contributed by atoms with Crippen LogP contribution < -0.4 is 14.4 Å². The number of carboxylic acids is 1. The number of anilines is 1. The van der Waals surface area contributed by atoms with E-state index in [1.54, 1.807) is 20.3 Å². The summed E-state index contributed by atoms with van der Waals surface area (Å²) in [5, 5.41) is 8.79. The maximum Gasteiger partial charge on any atom is 0.305 e. The first kappa shape index (κ1) is 14.2. The molecule has 100 valence electrons. The van der Waals surface area contributed by atoms with Crippen molar-refractivity contribution in [3.05, 3.63) is 18.2 Å². The van der Waals surface area contributed by atoms with Gasteiger partial charge in [-0.3, -0.25) is 4.79 Å². The molecule has 0 radical (unpaired) electrons. The lowest BCUT2D eigenvalue weighted by Gasteiger charge is -2.26. The van der Waals surface area contributed by atoms with Crippen LogP contribution in [0.25, 0.3) is 0 Å². The Morgan fingerprint density at radius 2 is 1.94 bits per heavy atom. The maximum absolute atomic E-state index is 10.7. The molecule has 0 bridgehead atoms. The van der Waals surface area contributed by atoms with Crippen molar-refractivity contribution in [3.63, 3.8) is 0 Å². The average Bonchev–Trinajstić information content (AvgIpc) is 2.36. The third kappa shape index (κ3) is 3.29. The summed E-state index contributed by atoms with van der Waals surface area (Å²) >= 11 is 0. The van der Waals surface area contributed by atoms with Crippen molar-refractivity contribution in [3.8, 4) is 11.5 Å². The number of aliphatic carboxylic acids is 1.